The van der Waals surface area contributed by atoms with Crippen LogP contribution in [0.2, 0.25) is 0 Å². The zero-order valence-electron chi connectivity index (χ0n) is 8.60. The molecule has 1 aliphatic carbocycles. The van der Waals surface area contributed by atoms with E-state index in [0.717, 1.165) is 25.7 Å². The molecule has 0 atom stereocenters. The minimum Gasteiger partial charge on any atom is -0.394 e. The predicted molar refractivity (Wildman–Crippen MR) is 58.6 cm³/mol. The molecule has 1 heterocycles. The van der Waals surface area contributed by atoms with Gasteiger partial charge in [-0.2, -0.15) is 0 Å². The summed E-state index contributed by atoms with van der Waals surface area (Å²) >= 11 is 0. The van der Waals surface area contributed by atoms with Gasteiger partial charge in [0.1, 0.15) is 0 Å². The van der Waals surface area contributed by atoms with Crippen LogP contribution in [-0.4, -0.2) is 15.8 Å². The summed E-state index contributed by atoms with van der Waals surface area (Å²) in [6.07, 6.45) is 4.83. The minimum atomic E-state index is -0.196. The van der Waals surface area contributed by atoms with Gasteiger partial charge < -0.3 is 15.4 Å². The molecule has 82 valence electrons. The third kappa shape index (κ3) is 2.04. The number of nitrogen functional groups attached to an aromatic ring is 1. The Morgan fingerprint density at radius 1 is 1.33 bits per heavy atom. The number of aliphatic hydroxyl groups is 1. The highest BCUT2D eigenvalue weighted by atomic mass is 16.3. The van der Waals surface area contributed by atoms with Gasteiger partial charge in [-0.05, 0) is 37.8 Å². The molecule has 1 fully saturated rings. The Kier molecular flexibility index (Phi) is 2.77. The van der Waals surface area contributed by atoms with Crippen molar-refractivity contribution in [2.45, 2.75) is 37.8 Å². The molecule has 0 bridgehead atoms. The van der Waals surface area contributed by atoms with Gasteiger partial charge in [0.2, 0.25) is 0 Å². The zero-order valence-corrected chi connectivity index (χ0v) is 8.60. The number of aliphatic hydroxyl groups excluding tert-OH is 1. The van der Waals surface area contributed by atoms with Crippen LogP contribution in [0.5, 0.6) is 0 Å². The number of rotatable bonds is 1. The Morgan fingerprint density at radius 3 is 2.67 bits per heavy atom. The van der Waals surface area contributed by atoms with Gasteiger partial charge in [0.15, 0.2) is 0 Å². The summed E-state index contributed by atoms with van der Waals surface area (Å²) in [6.45, 7) is 0. The lowest BCUT2D eigenvalue weighted by atomic mass is 9.93. The molecule has 1 saturated carbocycles. The molecule has 0 aliphatic heterocycles. The molecule has 1 aromatic rings. The fourth-order valence-electron chi connectivity index (χ4n) is 2.15. The maximum atomic E-state index is 11.7. The van der Waals surface area contributed by atoms with Crippen LogP contribution in [0.4, 0.5) is 5.69 Å². The standard InChI is InChI=1S/C11H16N2O2/c12-10-2-1-7-13(11(10)15)8-3-5-9(14)6-4-8/h1-2,7-9,14H,3-6,12H2/t8-,9-. The SMILES string of the molecule is Nc1cccn([C@H]2CC[C@H](O)CC2)c1=O. The fourth-order valence-corrected chi connectivity index (χ4v) is 2.15. The van der Waals surface area contributed by atoms with E-state index in [0.29, 0.717) is 5.69 Å². The van der Waals surface area contributed by atoms with Crippen LogP contribution in [0.3, 0.4) is 0 Å². The molecule has 0 unspecified atom stereocenters. The van der Waals surface area contributed by atoms with Crippen molar-refractivity contribution in [3.05, 3.63) is 28.7 Å². The number of hydrogen-bond acceptors (Lipinski definition) is 3. The van der Waals surface area contributed by atoms with Gasteiger partial charge >= 0.3 is 0 Å². The van der Waals surface area contributed by atoms with Gasteiger partial charge in [-0.1, -0.05) is 0 Å². The molecular formula is C11H16N2O2. The molecule has 0 saturated heterocycles. The van der Waals surface area contributed by atoms with Gasteiger partial charge in [0, 0.05) is 12.2 Å². The van der Waals surface area contributed by atoms with E-state index in [1.54, 1.807) is 22.9 Å². The highest BCUT2D eigenvalue weighted by molar-refractivity contribution is 5.33. The molecular weight excluding hydrogens is 192 g/mol. The number of hydrogen-bond donors (Lipinski definition) is 2. The summed E-state index contributed by atoms with van der Waals surface area (Å²) in [5, 5.41) is 9.39. The summed E-state index contributed by atoms with van der Waals surface area (Å²) in [6, 6.07) is 3.61. The summed E-state index contributed by atoms with van der Waals surface area (Å²) < 4.78 is 1.70. The molecule has 3 N–H and O–H groups in total. The highest BCUT2D eigenvalue weighted by Crippen LogP contribution is 2.27. The van der Waals surface area contributed by atoms with Crippen molar-refractivity contribution in [1.29, 1.82) is 0 Å². The summed E-state index contributed by atoms with van der Waals surface area (Å²) in [7, 11) is 0. The van der Waals surface area contributed by atoms with Crippen LogP contribution in [0.1, 0.15) is 31.7 Å². The molecule has 1 aromatic heterocycles. The van der Waals surface area contributed by atoms with Crippen LogP contribution in [0.25, 0.3) is 0 Å². The molecule has 4 heteroatoms. The second-order valence-electron chi connectivity index (χ2n) is 4.14. The molecule has 0 spiro atoms. The third-order valence-electron chi connectivity index (χ3n) is 3.06. The van der Waals surface area contributed by atoms with Crippen molar-refractivity contribution >= 4 is 5.69 Å². The van der Waals surface area contributed by atoms with Gasteiger partial charge in [-0.3, -0.25) is 4.79 Å². The normalized spacial score (nSPS) is 26.5. The van der Waals surface area contributed by atoms with Crippen LogP contribution >= 0.6 is 0 Å². The summed E-state index contributed by atoms with van der Waals surface area (Å²) in [5.74, 6) is 0. The van der Waals surface area contributed by atoms with E-state index in [9.17, 15) is 9.90 Å². The first-order chi connectivity index (χ1) is 7.18. The van der Waals surface area contributed by atoms with E-state index in [-0.39, 0.29) is 17.7 Å². The average Bonchev–Trinajstić information content (AvgIpc) is 2.24. The number of nitrogens with zero attached hydrogens (tertiary/aromatic N) is 1. The molecule has 2 rings (SSSR count). The number of anilines is 1. The van der Waals surface area contributed by atoms with E-state index >= 15 is 0 Å². The molecule has 4 nitrogen and oxygen atoms in total. The van der Waals surface area contributed by atoms with E-state index in [4.69, 9.17) is 5.73 Å². The van der Waals surface area contributed by atoms with E-state index in [2.05, 4.69) is 0 Å². The minimum absolute atomic E-state index is 0.112. The Labute approximate surface area is 88.3 Å². The lowest BCUT2D eigenvalue weighted by Crippen LogP contribution is -2.29. The summed E-state index contributed by atoms with van der Waals surface area (Å²) in [5.41, 5.74) is 5.75. The maximum Gasteiger partial charge on any atom is 0.273 e. The van der Waals surface area contributed by atoms with Gasteiger partial charge in [0.05, 0.1) is 11.8 Å². The summed E-state index contributed by atoms with van der Waals surface area (Å²) in [4.78, 5) is 11.7. The molecule has 0 radical (unpaired) electrons. The first kappa shape index (κ1) is 10.2. The van der Waals surface area contributed by atoms with Crippen LogP contribution in [0.15, 0.2) is 23.1 Å². The third-order valence-corrected chi connectivity index (χ3v) is 3.06. The average molecular weight is 208 g/mol. The van der Waals surface area contributed by atoms with Crippen LogP contribution < -0.4 is 11.3 Å². The first-order valence-corrected chi connectivity index (χ1v) is 5.33. The molecule has 0 amide bonds. The van der Waals surface area contributed by atoms with Crippen molar-refractivity contribution in [2.24, 2.45) is 0 Å². The quantitative estimate of drug-likeness (QED) is 0.720. The lowest BCUT2D eigenvalue weighted by molar-refractivity contribution is 0.110. The largest absolute Gasteiger partial charge is 0.394 e. The van der Waals surface area contributed by atoms with Gasteiger partial charge in [-0.25, -0.2) is 0 Å². The van der Waals surface area contributed by atoms with Crippen molar-refractivity contribution in [1.82, 2.24) is 4.57 Å². The van der Waals surface area contributed by atoms with E-state index < -0.39 is 0 Å². The van der Waals surface area contributed by atoms with Crippen LogP contribution in [0, 0.1) is 0 Å². The van der Waals surface area contributed by atoms with E-state index in [1.807, 2.05) is 0 Å². The van der Waals surface area contributed by atoms with Gasteiger partial charge in [0.25, 0.3) is 5.56 Å². The number of aromatic nitrogens is 1. The Bertz CT molecular complexity index is 392. The second-order valence-corrected chi connectivity index (χ2v) is 4.14. The Hall–Kier alpha value is -1.29. The van der Waals surface area contributed by atoms with Crippen molar-refractivity contribution in [2.75, 3.05) is 5.73 Å². The number of pyridine rings is 1. The topological polar surface area (TPSA) is 68.2 Å². The maximum absolute atomic E-state index is 11.7. The molecule has 15 heavy (non-hydrogen) atoms. The first-order valence-electron chi connectivity index (χ1n) is 5.33. The molecule has 1 aliphatic rings. The smallest absolute Gasteiger partial charge is 0.273 e. The zero-order chi connectivity index (χ0) is 10.8. The van der Waals surface area contributed by atoms with Crippen molar-refractivity contribution in [3.8, 4) is 0 Å². The predicted octanol–water partition coefficient (Wildman–Crippen LogP) is 0.906. The Morgan fingerprint density at radius 2 is 2.00 bits per heavy atom. The van der Waals surface area contributed by atoms with Crippen molar-refractivity contribution in [3.63, 3.8) is 0 Å². The fraction of sp³-hybridized carbons (Fsp3) is 0.545. The van der Waals surface area contributed by atoms with Crippen LogP contribution in [-0.2, 0) is 0 Å². The van der Waals surface area contributed by atoms with Crippen molar-refractivity contribution < 1.29 is 5.11 Å². The Balaban J connectivity index is 2.23. The molecule has 0 aromatic carbocycles. The lowest BCUT2D eigenvalue weighted by Gasteiger charge is -2.27. The number of nitrogens with two attached hydrogens (primary N) is 1. The van der Waals surface area contributed by atoms with Gasteiger partial charge in [-0.15, -0.1) is 0 Å². The second kappa shape index (κ2) is 4.06. The monoisotopic (exact) mass is 208 g/mol. The highest BCUT2D eigenvalue weighted by Gasteiger charge is 2.21. The van der Waals surface area contributed by atoms with E-state index in [1.165, 1.54) is 0 Å².